The molecule has 2 heterocycles. The molecule has 1 fully saturated rings. The van der Waals surface area contributed by atoms with Crippen LogP contribution in [0, 0.1) is 0 Å². The van der Waals surface area contributed by atoms with Gasteiger partial charge in [0.05, 0.1) is 23.9 Å². The Labute approximate surface area is 199 Å². The van der Waals surface area contributed by atoms with E-state index in [1.165, 1.54) is 12.0 Å². The van der Waals surface area contributed by atoms with Crippen molar-refractivity contribution in [3.8, 4) is 22.8 Å². The molecule has 1 atom stereocenters. The van der Waals surface area contributed by atoms with Crippen molar-refractivity contribution in [2.24, 2.45) is 0 Å². The predicted molar refractivity (Wildman–Crippen MR) is 131 cm³/mol. The smallest absolute Gasteiger partial charge is 0.196 e. The molecule has 0 saturated carbocycles. The molecule has 0 N–H and O–H groups in total. The molecule has 5 nitrogen and oxygen atoms in total. The largest absolute Gasteiger partial charge is 0.495 e. The summed E-state index contributed by atoms with van der Waals surface area (Å²) < 4.78 is 13.3. The average molecular weight is 472 g/mol. The molecule has 0 aliphatic carbocycles. The van der Waals surface area contributed by atoms with Gasteiger partial charge in [-0.25, -0.2) is 0 Å². The predicted octanol–water partition coefficient (Wildman–Crippen LogP) is 6.56. The van der Waals surface area contributed by atoms with E-state index in [9.17, 15) is 0 Å². The molecule has 1 aliphatic heterocycles. The van der Waals surface area contributed by atoms with Gasteiger partial charge in [0.2, 0.25) is 0 Å². The second-order valence-electron chi connectivity index (χ2n) is 9.09. The average Bonchev–Trinajstić information content (AvgIpc) is 3.22. The van der Waals surface area contributed by atoms with Gasteiger partial charge in [0.15, 0.2) is 11.0 Å². The zero-order chi connectivity index (χ0) is 22.7. The number of halogens is 1. The molecule has 2 aromatic carbocycles. The second kappa shape index (κ2) is 9.86. The lowest BCUT2D eigenvalue weighted by Gasteiger charge is -2.22. The van der Waals surface area contributed by atoms with E-state index in [2.05, 4.69) is 59.8 Å². The maximum atomic E-state index is 6.46. The number of aromatic nitrogens is 3. The van der Waals surface area contributed by atoms with Gasteiger partial charge in [0.25, 0.3) is 0 Å². The van der Waals surface area contributed by atoms with Crippen LogP contribution in [0.15, 0.2) is 47.6 Å². The van der Waals surface area contributed by atoms with Gasteiger partial charge in [0.1, 0.15) is 5.75 Å². The van der Waals surface area contributed by atoms with E-state index in [-0.39, 0.29) is 11.5 Å². The zero-order valence-corrected chi connectivity index (χ0v) is 20.7. The summed E-state index contributed by atoms with van der Waals surface area (Å²) in [7, 11) is 1.62. The highest BCUT2D eigenvalue weighted by atomic mass is 35.5. The van der Waals surface area contributed by atoms with E-state index >= 15 is 0 Å². The Morgan fingerprint density at radius 3 is 2.53 bits per heavy atom. The topological polar surface area (TPSA) is 49.2 Å². The van der Waals surface area contributed by atoms with Crippen molar-refractivity contribution in [2.45, 2.75) is 56.7 Å². The van der Waals surface area contributed by atoms with Crippen molar-refractivity contribution in [2.75, 3.05) is 19.5 Å². The Morgan fingerprint density at radius 1 is 1.12 bits per heavy atom. The summed E-state index contributed by atoms with van der Waals surface area (Å²) in [5.41, 5.74) is 3.29. The van der Waals surface area contributed by atoms with E-state index in [4.69, 9.17) is 21.1 Å². The molecule has 3 aromatic rings. The Balaban J connectivity index is 1.71. The minimum absolute atomic E-state index is 0.0940. The number of methoxy groups -OCH3 is 1. The number of ether oxygens (including phenoxy) is 2. The lowest BCUT2D eigenvalue weighted by molar-refractivity contribution is 0.0315. The van der Waals surface area contributed by atoms with Gasteiger partial charge >= 0.3 is 0 Å². The van der Waals surface area contributed by atoms with Crippen molar-refractivity contribution < 1.29 is 9.47 Å². The third-order valence-electron chi connectivity index (χ3n) is 5.71. The molecule has 4 rings (SSSR count). The summed E-state index contributed by atoms with van der Waals surface area (Å²) >= 11 is 8.14. The maximum absolute atomic E-state index is 6.46. The van der Waals surface area contributed by atoms with Gasteiger partial charge in [-0.15, -0.1) is 10.2 Å². The third kappa shape index (κ3) is 5.13. The second-order valence-corrected chi connectivity index (χ2v) is 10.5. The summed E-state index contributed by atoms with van der Waals surface area (Å²) in [6.45, 7) is 7.49. The van der Waals surface area contributed by atoms with Crippen LogP contribution >= 0.6 is 23.4 Å². The summed E-state index contributed by atoms with van der Waals surface area (Å²) in [5.74, 6) is 2.29. The Morgan fingerprint density at radius 2 is 1.91 bits per heavy atom. The molecule has 0 spiro atoms. The molecule has 170 valence electrons. The minimum atomic E-state index is 0.0940. The Kier molecular flexibility index (Phi) is 7.13. The molecule has 1 saturated heterocycles. The molecule has 0 bridgehead atoms. The van der Waals surface area contributed by atoms with Gasteiger partial charge in [-0.2, -0.15) is 0 Å². The lowest BCUT2D eigenvalue weighted by Crippen LogP contribution is -2.21. The molecule has 32 heavy (non-hydrogen) atoms. The molecule has 0 radical (unpaired) electrons. The first-order chi connectivity index (χ1) is 15.4. The first-order valence-electron chi connectivity index (χ1n) is 11.0. The SMILES string of the molecule is COc1ccc(-n2c(SCC3CCCCO3)nnc2-c2ccc(C(C)(C)C)cc2)cc1Cl. The van der Waals surface area contributed by atoms with Gasteiger partial charge in [-0.1, -0.05) is 68.4 Å². The first kappa shape index (κ1) is 23.1. The van der Waals surface area contributed by atoms with Crippen LogP contribution in [-0.2, 0) is 10.2 Å². The normalized spacial score (nSPS) is 16.8. The maximum Gasteiger partial charge on any atom is 0.196 e. The van der Waals surface area contributed by atoms with E-state index in [1.807, 2.05) is 18.2 Å². The monoisotopic (exact) mass is 471 g/mol. The van der Waals surface area contributed by atoms with Crippen molar-refractivity contribution in [1.82, 2.24) is 14.8 Å². The molecule has 7 heteroatoms. The third-order valence-corrected chi connectivity index (χ3v) is 7.06. The van der Waals surface area contributed by atoms with Crippen LogP contribution in [0.3, 0.4) is 0 Å². The summed E-state index contributed by atoms with van der Waals surface area (Å²) in [6.07, 6.45) is 3.72. The highest BCUT2D eigenvalue weighted by molar-refractivity contribution is 7.99. The molecular formula is C25H30ClN3O2S. The summed E-state index contributed by atoms with van der Waals surface area (Å²) in [4.78, 5) is 0. The lowest BCUT2D eigenvalue weighted by atomic mass is 9.87. The number of hydrogen-bond donors (Lipinski definition) is 0. The minimum Gasteiger partial charge on any atom is -0.495 e. The highest BCUT2D eigenvalue weighted by Gasteiger charge is 2.21. The van der Waals surface area contributed by atoms with Crippen LogP contribution in [0.4, 0.5) is 0 Å². The van der Waals surface area contributed by atoms with Gasteiger partial charge in [0, 0.05) is 17.9 Å². The van der Waals surface area contributed by atoms with Crippen LogP contribution in [0.5, 0.6) is 5.75 Å². The zero-order valence-electron chi connectivity index (χ0n) is 19.1. The van der Waals surface area contributed by atoms with Crippen LogP contribution in [0.25, 0.3) is 17.1 Å². The molecule has 0 amide bonds. The van der Waals surface area contributed by atoms with Crippen LogP contribution < -0.4 is 4.74 Å². The fraction of sp³-hybridized carbons (Fsp3) is 0.440. The molecule has 1 aromatic heterocycles. The number of rotatable bonds is 6. The highest BCUT2D eigenvalue weighted by Crippen LogP contribution is 2.34. The van der Waals surface area contributed by atoms with Crippen LogP contribution in [-0.4, -0.2) is 40.3 Å². The van der Waals surface area contributed by atoms with Crippen molar-refractivity contribution in [3.05, 3.63) is 53.1 Å². The van der Waals surface area contributed by atoms with Gasteiger partial charge in [-0.05, 0) is 48.4 Å². The first-order valence-corrected chi connectivity index (χ1v) is 12.4. The van der Waals surface area contributed by atoms with Gasteiger partial charge < -0.3 is 9.47 Å². The fourth-order valence-corrected chi connectivity index (χ4v) is 5.07. The van der Waals surface area contributed by atoms with E-state index in [0.29, 0.717) is 10.8 Å². The van der Waals surface area contributed by atoms with E-state index < -0.39 is 0 Å². The van der Waals surface area contributed by atoms with Gasteiger partial charge in [-0.3, -0.25) is 4.57 Å². The van der Waals surface area contributed by atoms with Crippen molar-refractivity contribution in [1.29, 1.82) is 0 Å². The Bertz CT molecular complexity index is 1050. The molecule has 1 aliphatic rings. The Hall–Kier alpha value is -2.02. The summed E-state index contributed by atoms with van der Waals surface area (Å²) in [6, 6.07) is 14.3. The molecular weight excluding hydrogens is 442 g/mol. The fourth-order valence-electron chi connectivity index (χ4n) is 3.80. The van der Waals surface area contributed by atoms with Crippen molar-refractivity contribution in [3.63, 3.8) is 0 Å². The van der Waals surface area contributed by atoms with E-state index in [0.717, 1.165) is 47.4 Å². The quantitative estimate of drug-likeness (QED) is 0.381. The van der Waals surface area contributed by atoms with Crippen LogP contribution in [0.1, 0.15) is 45.6 Å². The standard InChI is InChI=1S/C25H30ClN3O2S/c1-25(2,3)18-10-8-17(9-11-18)23-27-28-24(32-16-20-7-5-6-14-31-20)29(23)19-12-13-22(30-4)21(26)15-19/h8-13,15,20H,5-7,14,16H2,1-4H3. The van der Waals surface area contributed by atoms with E-state index in [1.54, 1.807) is 18.9 Å². The number of nitrogens with zero attached hydrogens (tertiary/aromatic N) is 3. The number of hydrogen-bond acceptors (Lipinski definition) is 5. The summed E-state index contributed by atoms with van der Waals surface area (Å²) in [5, 5.41) is 10.5. The van der Waals surface area contributed by atoms with Crippen LogP contribution in [0.2, 0.25) is 5.02 Å². The number of thioether (sulfide) groups is 1. The van der Waals surface area contributed by atoms with Crippen molar-refractivity contribution >= 4 is 23.4 Å². The number of benzene rings is 2. The molecule has 1 unspecified atom stereocenters.